The highest BCUT2D eigenvalue weighted by molar-refractivity contribution is 7.09. The number of carbonyl (C=O) groups excluding carboxylic acids is 1. The summed E-state index contributed by atoms with van der Waals surface area (Å²) in [5, 5.41) is 3.05. The molecule has 2 nitrogen and oxygen atoms in total. The first-order valence-electron chi connectivity index (χ1n) is 5.30. The molecule has 0 unspecified atom stereocenters. The van der Waals surface area contributed by atoms with Crippen LogP contribution in [0.5, 0.6) is 0 Å². The summed E-state index contributed by atoms with van der Waals surface area (Å²) in [6.07, 6.45) is 3.17. The van der Waals surface area contributed by atoms with Crippen molar-refractivity contribution in [2.75, 3.05) is 0 Å². The fourth-order valence-electron chi connectivity index (χ4n) is 1.57. The molecule has 0 saturated heterocycles. The van der Waals surface area contributed by atoms with E-state index < -0.39 is 0 Å². The Morgan fingerprint density at radius 1 is 1.44 bits per heavy atom. The number of rotatable bonds is 4. The average molecular weight is 231 g/mol. The summed E-state index contributed by atoms with van der Waals surface area (Å²) in [4.78, 5) is 15.8. The molecule has 0 aliphatic carbocycles. The second-order valence-electron chi connectivity index (χ2n) is 3.58. The molecule has 1 heterocycles. The number of carbonyl (C=O) groups is 1. The third-order valence-corrected chi connectivity index (χ3v) is 3.19. The van der Waals surface area contributed by atoms with Gasteiger partial charge in [-0.05, 0) is 11.6 Å². The Hall–Kier alpha value is -1.48. The summed E-state index contributed by atoms with van der Waals surface area (Å²) in [6.45, 7) is 1.88. The number of thiazole rings is 1. The van der Waals surface area contributed by atoms with Gasteiger partial charge < -0.3 is 0 Å². The van der Waals surface area contributed by atoms with E-state index in [1.165, 1.54) is 0 Å². The van der Waals surface area contributed by atoms with Crippen molar-refractivity contribution in [3.05, 3.63) is 52.0 Å². The standard InChI is InChI=1S/C13H13NOS/c1-2-12(15)11-5-3-4-10(8-11)9-13-14-6-7-16-13/h3-8H,2,9H2,1H3. The van der Waals surface area contributed by atoms with Crippen molar-refractivity contribution in [2.24, 2.45) is 0 Å². The van der Waals surface area contributed by atoms with Gasteiger partial charge in [0.1, 0.15) is 0 Å². The number of aromatic nitrogens is 1. The first-order chi connectivity index (χ1) is 7.79. The first-order valence-corrected chi connectivity index (χ1v) is 6.18. The molecule has 1 aromatic carbocycles. The van der Waals surface area contributed by atoms with E-state index in [-0.39, 0.29) is 5.78 Å². The van der Waals surface area contributed by atoms with Gasteiger partial charge in [-0.3, -0.25) is 4.79 Å². The maximum Gasteiger partial charge on any atom is 0.162 e. The van der Waals surface area contributed by atoms with Crippen LogP contribution in [0.3, 0.4) is 0 Å². The predicted octanol–water partition coefficient (Wildman–Crippen LogP) is 3.33. The highest BCUT2D eigenvalue weighted by Gasteiger charge is 2.04. The zero-order valence-corrected chi connectivity index (χ0v) is 9.96. The van der Waals surface area contributed by atoms with Gasteiger partial charge in [-0.15, -0.1) is 11.3 Å². The predicted molar refractivity (Wildman–Crippen MR) is 66.0 cm³/mol. The van der Waals surface area contributed by atoms with E-state index in [4.69, 9.17) is 0 Å². The van der Waals surface area contributed by atoms with E-state index in [2.05, 4.69) is 4.98 Å². The summed E-state index contributed by atoms with van der Waals surface area (Å²) in [5.41, 5.74) is 1.95. The van der Waals surface area contributed by atoms with Gasteiger partial charge in [0.15, 0.2) is 5.78 Å². The third-order valence-electron chi connectivity index (χ3n) is 2.41. The Labute approximate surface area is 99.0 Å². The van der Waals surface area contributed by atoms with Gasteiger partial charge in [-0.1, -0.05) is 25.1 Å². The molecule has 0 bridgehead atoms. The summed E-state index contributed by atoms with van der Waals surface area (Å²) >= 11 is 1.64. The third kappa shape index (κ3) is 2.55. The lowest BCUT2D eigenvalue weighted by molar-refractivity contribution is 0.0988. The second-order valence-corrected chi connectivity index (χ2v) is 4.56. The van der Waals surface area contributed by atoms with Crippen LogP contribution in [0.1, 0.15) is 34.3 Å². The second kappa shape index (κ2) is 5.03. The van der Waals surface area contributed by atoms with Crippen LogP contribution in [0.4, 0.5) is 0 Å². The highest BCUT2D eigenvalue weighted by atomic mass is 32.1. The van der Waals surface area contributed by atoms with Gasteiger partial charge in [0.05, 0.1) is 5.01 Å². The molecule has 0 fully saturated rings. The van der Waals surface area contributed by atoms with Gasteiger partial charge in [0.2, 0.25) is 0 Å². The maximum absolute atomic E-state index is 11.6. The Bertz CT molecular complexity index is 476. The van der Waals surface area contributed by atoms with Crippen LogP contribution in [-0.2, 0) is 6.42 Å². The molecule has 2 aromatic rings. The minimum atomic E-state index is 0.195. The van der Waals surface area contributed by atoms with Crippen LogP contribution < -0.4 is 0 Å². The molecule has 82 valence electrons. The molecule has 1 aromatic heterocycles. The first kappa shape index (κ1) is 11.0. The van der Waals surface area contributed by atoms with Crippen LogP contribution in [0.2, 0.25) is 0 Å². The molecule has 3 heteroatoms. The molecule has 0 aliphatic rings. The van der Waals surface area contributed by atoms with Crippen molar-refractivity contribution in [3.63, 3.8) is 0 Å². The Morgan fingerprint density at radius 2 is 2.31 bits per heavy atom. The zero-order chi connectivity index (χ0) is 11.4. The van der Waals surface area contributed by atoms with E-state index >= 15 is 0 Å². The molecule has 2 rings (SSSR count). The molecule has 0 N–H and O–H groups in total. The molecule has 0 atom stereocenters. The van der Waals surface area contributed by atoms with Crippen LogP contribution in [0, 0.1) is 0 Å². The summed E-state index contributed by atoms with van der Waals surface area (Å²) in [5.74, 6) is 0.195. The Kier molecular flexibility index (Phi) is 3.47. The quantitative estimate of drug-likeness (QED) is 0.755. The highest BCUT2D eigenvalue weighted by Crippen LogP contribution is 2.14. The fraction of sp³-hybridized carbons (Fsp3) is 0.231. The van der Waals surface area contributed by atoms with Crippen LogP contribution in [0.15, 0.2) is 35.8 Å². The van der Waals surface area contributed by atoms with E-state index in [1.54, 1.807) is 17.5 Å². The van der Waals surface area contributed by atoms with E-state index in [9.17, 15) is 4.79 Å². The number of hydrogen-bond donors (Lipinski definition) is 0. The zero-order valence-electron chi connectivity index (χ0n) is 9.14. The van der Waals surface area contributed by atoms with Gasteiger partial charge >= 0.3 is 0 Å². The van der Waals surface area contributed by atoms with E-state index in [1.807, 2.05) is 36.6 Å². The minimum absolute atomic E-state index is 0.195. The van der Waals surface area contributed by atoms with Crippen molar-refractivity contribution in [1.29, 1.82) is 0 Å². The number of Topliss-reactive ketones (excluding diaryl/α,β-unsaturated/α-hetero) is 1. The van der Waals surface area contributed by atoms with Gasteiger partial charge in [0.25, 0.3) is 0 Å². The van der Waals surface area contributed by atoms with Crippen molar-refractivity contribution in [2.45, 2.75) is 19.8 Å². The topological polar surface area (TPSA) is 30.0 Å². The van der Waals surface area contributed by atoms with Crippen LogP contribution >= 0.6 is 11.3 Å². The van der Waals surface area contributed by atoms with Crippen molar-refractivity contribution in [1.82, 2.24) is 4.98 Å². The Morgan fingerprint density at radius 3 is 3.00 bits per heavy atom. The van der Waals surface area contributed by atoms with Gasteiger partial charge in [-0.25, -0.2) is 4.98 Å². The maximum atomic E-state index is 11.6. The van der Waals surface area contributed by atoms with Crippen molar-refractivity contribution in [3.8, 4) is 0 Å². The number of hydrogen-bond acceptors (Lipinski definition) is 3. The normalized spacial score (nSPS) is 10.3. The van der Waals surface area contributed by atoms with Gasteiger partial charge in [-0.2, -0.15) is 0 Å². The monoisotopic (exact) mass is 231 g/mol. The lowest BCUT2D eigenvalue weighted by Gasteiger charge is -2.01. The fourth-order valence-corrected chi connectivity index (χ4v) is 2.22. The SMILES string of the molecule is CCC(=O)c1cccc(Cc2nccs2)c1. The summed E-state index contributed by atoms with van der Waals surface area (Å²) < 4.78 is 0. The van der Waals surface area contributed by atoms with Crippen molar-refractivity contribution < 1.29 is 4.79 Å². The molecule has 0 saturated carbocycles. The molecule has 0 radical (unpaired) electrons. The lowest BCUT2D eigenvalue weighted by atomic mass is 10.0. The number of nitrogens with zero attached hydrogens (tertiary/aromatic N) is 1. The summed E-state index contributed by atoms with van der Waals surface area (Å²) in [7, 11) is 0. The average Bonchev–Trinajstić information content (AvgIpc) is 2.81. The Balaban J connectivity index is 2.19. The molecule has 16 heavy (non-hydrogen) atoms. The lowest BCUT2D eigenvalue weighted by Crippen LogP contribution is -1.97. The molecular formula is C13H13NOS. The largest absolute Gasteiger partial charge is 0.294 e. The molecule has 0 aliphatic heterocycles. The molecule has 0 spiro atoms. The van der Waals surface area contributed by atoms with Crippen molar-refractivity contribution >= 4 is 17.1 Å². The van der Waals surface area contributed by atoms with E-state index in [0.717, 1.165) is 22.6 Å². The van der Waals surface area contributed by atoms with Gasteiger partial charge in [0, 0.05) is 30.0 Å². The molecular weight excluding hydrogens is 218 g/mol. The van der Waals surface area contributed by atoms with E-state index in [0.29, 0.717) is 6.42 Å². The molecule has 0 amide bonds. The summed E-state index contributed by atoms with van der Waals surface area (Å²) in [6, 6.07) is 7.81. The minimum Gasteiger partial charge on any atom is -0.294 e. The van der Waals surface area contributed by atoms with Crippen LogP contribution in [0.25, 0.3) is 0 Å². The number of benzene rings is 1. The smallest absolute Gasteiger partial charge is 0.162 e. The van der Waals surface area contributed by atoms with Crippen LogP contribution in [-0.4, -0.2) is 10.8 Å². The number of ketones is 1.